The Kier molecular flexibility index (Phi) is 9.88. The molecule has 1 heterocycles. The summed E-state index contributed by atoms with van der Waals surface area (Å²) in [5.41, 5.74) is 2.71. The number of urea groups is 1. The van der Waals surface area contributed by atoms with Crippen LogP contribution in [0.4, 0.5) is 4.79 Å². The normalized spacial score (nSPS) is 16.3. The molecular weight excluding hydrogens is 469 g/mol. The summed E-state index contributed by atoms with van der Waals surface area (Å²) in [6.45, 7) is 1.55. The third-order valence-corrected chi connectivity index (χ3v) is 5.67. The minimum absolute atomic E-state index is 0. The Morgan fingerprint density at radius 3 is 2.53 bits per heavy atom. The van der Waals surface area contributed by atoms with Gasteiger partial charge in [0.25, 0.3) is 5.91 Å². The van der Waals surface area contributed by atoms with E-state index < -0.39 is 35.8 Å². The number of benzene rings is 2. The van der Waals surface area contributed by atoms with Gasteiger partial charge >= 0.3 is 41.6 Å². The van der Waals surface area contributed by atoms with Crippen LogP contribution in [0.15, 0.2) is 60.3 Å². The van der Waals surface area contributed by atoms with Gasteiger partial charge in [0.1, 0.15) is 0 Å². The molecule has 0 aliphatic carbocycles. The van der Waals surface area contributed by atoms with Crippen LogP contribution in [0.1, 0.15) is 36.1 Å². The van der Waals surface area contributed by atoms with E-state index in [-0.39, 0.29) is 36.0 Å². The summed E-state index contributed by atoms with van der Waals surface area (Å²) in [5, 5.41) is 14.9. The molecule has 8 nitrogen and oxygen atoms in total. The molecule has 3 rings (SSSR count). The number of hydrogen-bond donors (Lipinski definition) is 3. The van der Waals surface area contributed by atoms with Gasteiger partial charge in [-0.25, -0.2) is 4.79 Å². The number of hydrogen-bond acceptors (Lipinski definition) is 4. The molecule has 3 N–H and O–H groups in total. The molecule has 0 radical (unpaired) electrons. The fourth-order valence-electron chi connectivity index (χ4n) is 3.63. The first-order valence-electron chi connectivity index (χ1n) is 10.3. The van der Waals surface area contributed by atoms with Crippen molar-refractivity contribution in [1.82, 2.24) is 15.5 Å². The summed E-state index contributed by atoms with van der Waals surface area (Å²) >= 11 is 6.25. The molecule has 1 aliphatic heterocycles. The van der Waals surface area contributed by atoms with Gasteiger partial charge in [-0.1, -0.05) is 54.1 Å². The van der Waals surface area contributed by atoms with Gasteiger partial charge in [0.2, 0.25) is 0 Å². The Labute approximate surface area is 224 Å². The molecule has 2 unspecified atom stereocenters. The van der Waals surface area contributed by atoms with Gasteiger partial charge in [-0.3, -0.25) is 14.4 Å². The number of halogens is 1. The first-order chi connectivity index (χ1) is 15.7. The van der Waals surface area contributed by atoms with Crippen LogP contribution in [-0.4, -0.2) is 76.3 Å². The number of rotatable bonds is 7. The van der Waals surface area contributed by atoms with Crippen LogP contribution < -0.4 is 10.6 Å². The summed E-state index contributed by atoms with van der Waals surface area (Å²) in [6.07, 6.45) is 1.55. The van der Waals surface area contributed by atoms with Gasteiger partial charge in [0.05, 0.1) is 12.5 Å². The number of Topliss-reactive ketones (excluding diaryl/α,β-unsaturated/α-hetero) is 1. The van der Waals surface area contributed by atoms with Crippen LogP contribution in [0.3, 0.4) is 0 Å². The quantitative estimate of drug-likeness (QED) is 0.404. The molecule has 2 aromatic carbocycles. The summed E-state index contributed by atoms with van der Waals surface area (Å²) in [5.74, 6) is -2.19. The van der Waals surface area contributed by atoms with Gasteiger partial charge in [-0.15, -0.1) is 0 Å². The van der Waals surface area contributed by atoms with Crippen LogP contribution >= 0.6 is 11.6 Å². The van der Waals surface area contributed by atoms with Gasteiger partial charge in [-0.2, -0.15) is 0 Å². The number of aliphatic carboxylic acids is 1. The van der Waals surface area contributed by atoms with Gasteiger partial charge < -0.3 is 20.6 Å². The number of carboxylic acid groups (broad SMARTS) is 1. The SMILES string of the molecule is CC1=CN(C)C(=O)C(NC(=O)NC(CC(=O)O)c2cccc(Cc3ccccc3Cl)c2)C1=O.[NaH]. The van der Waals surface area contributed by atoms with E-state index in [9.17, 15) is 24.3 Å². The molecule has 2 atom stereocenters. The molecule has 0 bridgehead atoms. The zero-order valence-corrected chi connectivity index (χ0v) is 18.9. The molecule has 174 valence electrons. The second-order valence-corrected chi connectivity index (χ2v) is 8.25. The number of amides is 3. The van der Waals surface area contributed by atoms with E-state index in [1.165, 1.54) is 18.1 Å². The second-order valence-electron chi connectivity index (χ2n) is 7.84. The number of carbonyl (C=O) groups excluding carboxylic acids is 3. The van der Waals surface area contributed by atoms with Crippen LogP contribution in [0.5, 0.6) is 0 Å². The summed E-state index contributed by atoms with van der Waals surface area (Å²) in [4.78, 5) is 50.0. The van der Waals surface area contributed by atoms with Gasteiger partial charge in [0, 0.05) is 23.8 Å². The topological polar surface area (TPSA) is 116 Å². The zero-order valence-electron chi connectivity index (χ0n) is 18.2. The predicted molar refractivity (Wildman–Crippen MR) is 130 cm³/mol. The average Bonchev–Trinajstić information content (AvgIpc) is 2.76. The van der Waals surface area contributed by atoms with Crippen molar-refractivity contribution in [1.29, 1.82) is 0 Å². The summed E-state index contributed by atoms with van der Waals surface area (Å²) < 4.78 is 0. The number of carbonyl (C=O) groups is 4. The Balaban J connectivity index is 0.00000408. The maximum absolute atomic E-state index is 12.6. The molecule has 0 spiro atoms. The number of likely N-dealkylation sites (N-methyl/N-ethyl adjacent to an activating group) is 1. The Hall–Kier alpha value is -2.65. The van der Waals surface area contributed by atoms with Crippen LogP contribution in [0.2, 0.25) is 5.02 Å². The molecule has 10 heteroatoms. The molecular formula is C24H25ClN3NaO5. The number of carboxylic acids is 1. The van der Waals surface area contributed by atoms with Crippen molar-refractivity contribution < 1.29 is 24.3 Å². The fraction of sp³-hybridized carbons (Fsp3) is 0.250. The van der Waals surface area contributed by atoms with Crippen molar-refractivity contribution in [3.8, 4) is 0 Å². The first-order valence-corrected chi connectivity index (χ1v) is 10.6. The van der Waals surface area contributed by atoms with Gasteiger partial charge in [0.15, 0.2) is 11.8 Å². The zero-order chi connectivity index (χ0) is 24.1. The van der Waals surface area contributed by atoms with Crippen molar-refractivity contribution in [3.05, 3.63) is 82.0 Å². The fourth-order valence-corrected chi connectivity index (χ4v) is 3.83. The van der Waals surface area contributed by atoms with E-state index in [0.29, 0.717) is 22.6 Å². The molecule has 0 saturated carbocycles. The van der Waals surface area contributed by atoms with Crippen molar-refractivity contribution in [2.75, 3.05) is 7.05 Å². The molecule has 0 saturated heterocycles. The average molecular weight is 494 g/mol. The van der Waals surface area contributed by atoms with E-state index in [1.54, 1.807) is 31.2 Å². The molecule has 1 aliphatic rings. The molecule has 34 heavy (non-hydrogen) atoms. The minimum atomic E-state index is -1.36. The third-order valence-electron chi connectivity index (χ3n) is 5.30. The first kappa shape index (κ1) is 27.6. The predicted octanol–water partition coefficient (Wildman–Crippen LogP) is 2.41. The monoisotopic (exact) mass is 493 g/mol. The van der Waals surface area contributed by atoms with Crippen molar-refractivity contribution in [2.24, 2.45) is 0 Å². The van der Waals surface area contributed by atoms with E-state index in [0.717, 1.165) is 11.1 Å². The standard InChI is InChI=1S/C24H24ClN3O5.Na.H/c1-14-13-28(2)23(32)21(22(14)31)27-24(33)26-19(12-20(29)30)17-8-5-6-15(11-17)10-16-7-3-4-9-18(16)25;;/h3-9,11,13,19,21H,10,12H2,1-2H3,(H,29,30)(H2,26,27,33);;. The number of nitrogens with zero attached hydrogens (tertiary/aromatic N) is 1. The molecule has 0 aromatic heterocycles. The number of nitrogens with one attached hydrogen (secondary N) is 2. The Morgan fingerprint density at radius 2 is 1.85 bits per heavy atom. The molecule has 2 aromatic rings. The second kappa shape index (κ2) is 12.2. The van der Waals surface area contributed by atoms with E-state index >= 15 is 0 Å². The van der Waals surface area contributed by atoms with Crippen molar-refractivity contribution >= 4 is 64.8 Å². The van der Waals surface area contributed by atoms with Crippen molar-refractivity contribution in [3.63, 3.8) is 0 Å². The summed E-state index contributed by atoms with van der Waals surface area (Å²) in [7, 11) is 1.49. The van der Waals surface area contributed by atoms with Gasteiger partial charge in [-0.05, 0) is 36.1 Å². The van der Waals surface area contributed by atoms with E-state index in [2.05, 4.69) is 10.6 Å². The third kappa shape index (κ3) is 6.93. The van der Waals surface area contributed by atoms with Crippen molar-refractivity contribution in [2.45, 2.75) is 31.8 Å². The number of ketones is 1. The van der Waals surface area contributed by atoms with E-state index in [4.69, 9.17) is 11.6 Å². The van der Waals surface area contributed by atoms with Crippen LogP contribution in [-0.2, 0) is 20.8 Å². The molecule has 3 amide bonds. The Bertz CT molecular complexity index is 1140. The molecule has 0 fully saturated rings. The summed E-state index contributed by atoms with van der Waals surface area (Å²) in [6, 6.07) is 11.5. The Morgan fingerprint density at radius 1 is 1.15 bits per heavy atom. The van der Waals surface area contributed by atoms with E-state index in [1.807, 2.05) is 24.3 Å². The van der Waals surface area contributed by atoms with Crippen LogP contribution in [0.25, 0.3) is 0 Å². The van der Waals surface area contributed by atoms with Crippen LogP contribution in [0, 0.1) is 0 Å². The maximum atomic E-state index is 12.6.